The summed E-state index contributed by atoms with van der Waals surface area (Å²) in [6.45, 7) is 0. The third kappa shape index (κ3) is 4.21. The minimum atomic E-state index is -0.461. The summed E-state index contributed by atoms with van der Waals surface area (Å²) >= 11 is 0. The lowest BCUT2D eigenvalue weighted by atomic mass is 9.77. The number of allylic oxidation sites excluding steroid dienone is 1. The van der Waals surface area contributed by atoms with Crippen molar-refractivity contribution >= 4 is 29.1 Å². The normalized spacial score (nSPS) is 20.4. The highest BCUT2D eigenvalue weighted by Gasteiger charge is 2.44. The van der Waals surface area contributed by atoms with E-state index in [0.717, 1.165) is 41.7 Å². The Balaban J connectivity index is 1.54. The van der Waals surface area contributed by atoms with Crippen molar-refractivity contribution in [1.29, 1.82) is 0 Å². The highest BCUT2D eigenvalue weighted by Crippen LogP contribution is 2.45. The van der Waals surface area contributed by atoms with Crippen LogP contribution in [-0.4, -0.2) is 26.5 Å². The van der Waals surface area contributed by atoms with E-state index in [1.165, 1.54) is 35.5 Å². The summed E-state index contributed by atoms with van der Waals surface area (Å²) in [6, 6.07) is 15.2. The Bertz CT molecular complexity index is 1340. The van der Waals surface area contributed by atoms with Crippen molar-refractivity contribution in [2.75, 3.05) is 0 Å². The van der Waals surface area contributed by atoms with Gasteiger partial charge in [-0.2, -0.15) is 5.10 Å². The molecule has 1 aliphatic carbocycles. The number of amides is 1. The van der Waals surface area contributed by atoms with Gasteiger partial charge in [0, 0.05) is 30.2 Å². The van der Waals surface area contributed by atoms with Crippen molar-refractivity contribution in [3.05, 3.63) is 110 Å². The summed E-state index contributed by atoms with van der Waals surface area (Å²) in [7, 11) is 0. The number of hydrogen-bond donors (Lipinski definition) is 0. The van der Waals surface area contributed by atoms with E-state index in [0.29, 0.717) is 0 Å². The molecule has 2 heterocycles. The Labute approximate surface area is 199 Å². The molecule has 2 unspecified atom stereocenters. The number of benzene rings is 2. The molecule has 10 nitrogen and oxygen atoms in total. The number of hydrogen-bond acceptors (Lipinski definition) is 7. The van der Waals surface area contributed by atoms with Crippen LogP contribution in [0.2, 0.25) is 0 Å². The molecular formula is C25H20N4O6. The van der Waals surface area contributed by atoms with Gasteiger partial charge in [0.2, 0.25) is 0 Å². The van der Waals surface area contributed by atoms with Gasteiger partial charge < -0.3 is 4.42 Å². The molecule has 1 aromatic heterocycles. The van der Waals surface area contributed by atoms with Gasteiger partial charge in [0.15, 0.2) is 5.76 Å². The fourth-order valence-corrected chi connectivity index (χ4v) is 4.70. The maximum Gasteiger partial charge on any atom is 0.310 e. The molecule has 1 fully saturated rings. The molecule has 2 aliphatic rings. The lowest BCUT2D eigenvalue weighted by molar-refractivity contribution is -0.385. The highest BCUT2D eigenvalue weighted by molar-refractivity contribution is 6.09. The molecule has 10 heteroatoms. The van der Waals surface area contributed by atoms with Crippen LogP contribution < -0.4 is 0 Å². The molecular weight excluding hydrogens is 452 g/mol. The van der Waals surface area contributed by atoms with E-state index in [1.807, 2.05) is 6.08 Å². The predicted octanol–water partition coefficient (Wildman–Crippen LogP) is 5.53. The molecule has 1 aliphatic heterocycles. The number of non-ortho nitro benzene ring substituents is 2. The van der Waals surface area contributed by atoms with Crippen LogP contribution in [0.25, 0.3) is 6.08 Å². The van der Waals surface area contributed by atoms with E-state index in [4.69, 9.17) is 9.52 Å². The minimum Gasteiger partial charge on any atom is -0.459 e. The van der Waals surface area contributed by atoms with Gasteiger partial charge in [0.25, 0.3) is 11.4 Å². The van der Waals surface area contributed by atoms with Gasteiger partial charge in [-0.15, -0.1) is 0 Å². The number of fused-ring (bicyclic) bond motifs is 1. The van der Waals surface area contributed by atoms with Crippen LogP contribution in [0.15, 0.2) is 82.0 Å². The molecule has 2 atom stereocenters. The third-order valence-corrected chi connectivity index (χ3v) is 6.33. The molecule has 0 spiro atoms. The van der Waals surface area contributed by atoms with Crippen molar-refractivity contribution in [3.63, 3.8) is 0 Å². The van der Waals surface area contributed by atoms with Gasteiger partial charge in [-0.05, 0) is 66.3 Å². The summed E-state index contributed by atoms with van der Waals surface area (Å²) in [4.78, 5) is 34.5. The maximum absolute atomic E-state index is 13.3. The first-order valence-corrected chi connectivity index (χ1v) is 11.1. The number of nitro benzene ring substituents is 2. The monoisotopic (exact) mass is 472 g/mol. The third-order valence-electron chi connectivity index (χ3n) is 6.33. The van der Waals surface area contributed by atoms with Crippen LogP contribution in [-0.2, 0) is 0 Å². The first-order valence-electron chi connectivity index (χ1n) is 11.1. The fraction of sp³-hybridized carbons (Fsp3) is 0.200. The molecule has 0 bridgehead atoms. The van der Waals surface area contributed by atoms with Crippen molar-refractivity contribution < 1.29 is 19.1 Å². The summed E-state index contributed by atoms with van der Waals surface area (Å²) in [5.41, 5.74) is 3.27. The Morgan fingerprint density at radius 1 is 1.00 bits per heavy atom. The molecule has 0 radical (unpaired) electrons. The lowest BCUT2D eigenvalue weighted by Gasteiger charge is -2.29. The molecule has 1 saturated carbocycles. The number of carbonyl (C=O) groups excluding carboxylic acids is 1. The molecule has 1 amide bonds. The molecule has 5 rings (SSSR count). The molecule has 176 valence electrons. The van der Waals surface area contributed by atoms with Crippen molar-refractivity contribution in [2.24, 2.45) is 11.0 Å². The average molecular weight is 472 g/mol. The average Bonchev–Trinajstić information content (AvgIpc) is 3.53. The largest absolute Gasteiger partial charge is 0.459 e. The summed E-state index contributed by atoms with van der Waals surface area (Å²) in [5.74, 6) is -0.343. The fourth-order valence-electron chi connectivity index (χ4n) is 4.70. The van der Waals surface area contributed by atoms with Crippen LogP contribution in [0, 0.1) is 26.1 Å². The molecule has 0 saturated heterocycles. The smallest absolute Gasteiger partial charge is 0.310 e. The first kappa shape index (κ1) is 22.2. The van der Waals surface area contributed by atoms with Gasteiger partial charge in [-0.1, -0.05) is 12.1 Å². The summed E-state index contributed by atoms with van der Waals surface area (Å²) in [5, 5.41) is 28.2. The maximum atomic E-state index is 13.3. The molecule has 3 aromatic rings. The second kappa shape index (κ2) is 8.98. The number of rotatable bonds is 5. The Morgan fingerprint density at radius 3 is 2.26 bits per heavy atom. The Morgan fingerprint density at radius 2 is 1.66 bits per heavy atom. The van der Waals surface area contributed by atoms with Crippen molar-refractivity contribution in [1.82, 2.24) is 5.01 Å². The van der Waals surface area contributed by atoms with Crippen LogP contribution in [0.1, 0.15) is 47.0 Å². The van der Waals surface area contributed by atoms with Crippen LogP contribution in [0.3, 0.4) is 0 Å². The predicted molar refractivity (Wildman–Crippen MR) is 127 cm³/mol. The minimum absolute atomic E-state index is 0.0142. The number of furan rings is 1. The van der Waals surface area contributed by atoms with Gasteiger partial charge in [0.05, 0.1) is 27.9 Å². The van der Waals surface area contributed by atoms with E-state index < -0.39 is 21.8 Å². The first-order chi connectivity index (χ1) is 16.9. The lowest BCUT2D eigenvalue weighted by Crippen LogP contribution is -2.31. The van der Waals surface area contributed by atoms with E-state index in [2.05, 4.69) is 0 Å². The second-order valence-electron chi connectivity index (χ2n) is 8.42. The van der Waals surface area contributed by atoms with Crippen LogP contribution in [0.4, 0.5) is 11.4 Å². The highest BCUT2D eigenvalue weighted by atomic mass is 16.6. The number of nitro groups is 2. The topological polar surface area (TPSA) is 132 Å². The van der Waals surface area contributed by atoms with Gasteiger partial charge in [0.1, 0.15) is 0 Å². The van der Waals surface area contributed by atoms with Gasteiger partial charge >= 0.3 is 5.91 Å². The van der Waals surface area contributed by atoms with Crippen molar-refractivity contribution in [3.8, 4) is 0 Å². The number of nitrogens with zero attached hydrogens (tertiary/aromatic N) is 4. The second-order valence-corrected chi connectivity index (χ2v) is 8.42. The van der Waals surface area contributed by atoms with Gasteiger partial charge in [-0.25, -0.2) is 5.01 Å². The van der Waals surface area contributed by atoms with E-state index in [-0.39, 0.29) is 23.1 Å². The van der Waals surface area contributed by atoms with Crippen LogP contribution in [0.5, 0.6) is 0 Å². The quantitative estimate of drug-likeness (QED) is 0.354. The molecule has 2 aromatic carbocycles. The SMILES string of the molecule is O=C(c1ccco1)N1N=C2C(=Cc3ccc([N+](=O)[O-])cc3)CCCC2C1c1ccc([N+](=O)[O-])cc1. The molecule has 0 N–H and O–H groups in total. The summed E-state index contributed by atoms with van der Waals surface area (Å²) in [6.07, 6.45) is 5.78. The van der Waals surface area contributed by atoms with E-state index in [9.17, 15) is 25.0 Å². The zero-order chi connectivity index (χ0) is 24.5. The Hall–Kier alpha value is -4.60. The standard InChI is InChI=1S/C25H20N4O6/c30-25(22-5-2-14-35-22)27-24(17-8-12-20(13-9-17)29(33)34)21-4-1-3-18(23(21)26-27)15-16-6-10-19(11-7-16)28(31)32/h2,5-15,21,24H,1,3-4H2. The Kier molecular flexibility index (Phi) is 5.69. The van der Waals surface area contributed by atoms with Gasteiger partial charge in [-0.3, -0.25) is 25.0 Å². The zero-order valence-electron chi connectivity index (χ0n) is 18.4. The van der Waals surface area contributed by atoms with Crippen LogP contribution >= 0.6 is 0 Å². The van der Waals surface area contributed by atoms with Crippen molar-refractivity contribution in [2.45, 2.75) is 25.3 Å². The zero-order valence-corrected chi connectivity index (χ0v) is 18.4. The molecule has 35 heavy (non-hydrogen) atoms. The number of carbonyl (C=O) groups is 1. The van der Waals surface area contributed by atoms with E-state index in [1.54, 1.807) is 36.4 Å². The van der Waals surface area contributed by atoms with E-state index >= 15 is 0 Å². The number of hydrazone groups is 1. The summed E-state index contributed by atoms with van der Waals surface area (Å²) < 4.78 is 5.33.